The van der Waals surface area contributed by atoms with Crippen molar-refractivity contribution in [2.24, 2.45) is 0 Å². The molecule has 2 aromatic rings. The number of nitrogens with zero attached hydrogens (tertiary/aromatic N) is 1. The summed E-state index contributed by atoms with van der Waals surface area (Å²) in [4.78, 5) is 28.1. The molecule has 2 aromatic carbocycles. The second kappa shape index (κ2) is 12.3. The third-order valence-corrected chi connectivity index (χ3v) is 6.46. The third kappa shape index (κ3) is 6.65. The molecular formula is C27H36N2O5. The van der Waals surface area contributed by atoms with Crippen LogP contribution in [0.1, 0.15) is 50.2 Å². The molecule has 0 aliphatic heterocycles. The lowest BCUT2D eigenvalue weighted by Crippen LogP contribution is -2.49. The number of nitrogens with one attached hydrogen (secondary N) is 1. The van der Waals surface area contributed by atoms with E-state index in [0.717, 1.165) is 42.6 Å². The predicted octanol–water partition coefficient (Wildman–Crippen LogP) is 4.12. The molecule has 0 radical (unpaired) electrons. The minimum Gasteiger partial charge on any atom is -0.497 e. The highest BCUT2D eigenvalue weighted by Crippen LogP contribution is 2.28. The van der Waals surface area contributed by atoms with Crippen LogP contribution in [0.2, 0.25) is 0 Å². The van der Waals surface area contributed by atoms with Crippen molar-refractivity contribution in [3.63, 3.8) is 0 Å². The van der Waals surface area contributed by atoms with Gasteiger partial charge in [0.15, 0.2) is 11.5 Å². The van der Waals surface area contributed by atoms with Gasteiger partial charge in [0.25, 0.3) is 0 Å². The predicted molar refractivity (Wildman–Crippen MR) is 131 cm³/mol. The molecule has 1 fully saturated rings. The molecule has 0 aromatic heterocycles. The van der Waals surface area contributed by atoms with E-state index in [1.807, 2.05) is 49.4 Å². The van der Waals surface area contributed by atoms with Gasteiger partial charge in [-0.1, -0.05) is 31.0 Å². The fraction of sp³-hybridized carbons (Fsp3) is 0.481. The summed E-state index contributed by atoms with van der Waals surface area (Å²) < 4.78 is 15.9. The van der Waals surface area contributed by atoms with Crippen LogP contribution in [0.5, 0.6) is 17.2 Å². The highest BCUT2D eigenvalue weighted by atomic mass is 16.5. The van der Waals surface area contributed by atoms with Gasteiger partial charge in [-0.25, -0.2) is 0 Å². The van der Waals surface area contributed by atoms with Crippen molar-refractivity contribution in [2.75, 3.05) is 21.3 Å². The van der Waals surface area contributed by atoms with Gasteiger partial charge >= 0.3 is 0 Å². The van der Waals surface area contributed by atoms with Crippen molar-refractivity contribution in [1.29, 1.82) is 0 Å². The standard InChI is InChI=1S/C27H36N2O5/c1-19(27(31)28-22-7-5-6-8-22)29(18-21-9-13-23(32-2)14-10-21)26(30)16-12-20-11-15-24(33-3)25(17-20)34-4/h9-11,13-15,17,19,22H,5-8,12,16,18H2,1-4H3,(H,28,31)/t19-/m0/s1. The Kier molecular flexibility index (Phi) is 9.19. The number of carbonyl (C=O) groups excluding carboxylic acids is 2. The Morgan fingerprint density at radius 1 is 0.941 bits per heavy atom. The summed E-state index contributed by atoms with van der Waals surface area (Å²) in [5, 5.41) is 3.14. The minimum atomic E-state index is -0.569. The van der Waals surface area contributed by atoms with Crippen LogP contribution in [0, 0.1) is 0 Å². The molecule has 1 saturated carbocycles. The maximum atomic E-state index is 13.4. The van der Waals surface area contributed by atoms with Gasteiger partial charge in [-0.3, -0.25) is 9.59 Å². The Labute approximate surface area is 202 Å². The van der Waals surface area contributed by atoms with E-state index in [-0.39, 0.29) is 24.3 Å². The summed E-state index contributed by atoms with van der Waals surface area (Å²) in [6.07, 6.45) is 5.11. The number of methoxy groups -OCH3 is 3. The maximum absolute atomic E-state index is 13.4. The Morgan fingerprint density at radius 3 is 2.21 bits per heavy atom. The van der Waals surface area contributed by atoms with Crippen LogP contribution >= 0.6 is 0 Å². The zero-order valence-electron chi connectivity index (χ0n) is 20.6. The normalized spacial score (nSPS) is 14.4. The van der Waals surface area contributed by atoms with E-state index in [1.165, 1.54) is 0 Å². The molecule has 0 saturated heterocycles. The second-order valence-corrected chi connectivity index (χ2v) is 8.72. The number of carbonyl (C=O) groups is 2. The molecular weight excluding hydrogens is 432 g/mol. The van der Waals surface area contributed by atoms with Crippen LogP contribution in [0.25, 0.3) is 0 Å². The molecule has 0 spiro atoms. The SMILES string of the molecule is COc1ccc(CN(C(=O)CCc2ccc(OC)c(OC)c2)[C@@H](C)C(=O)NC2CCCC2)cc1. The quantitative estimate of drug-likeness (QED) is 0.537. The first-order chi connectivity index (χ1) is 16.4. The first-order valence-electron chi connectivity index (χ1n) is 11.9. The van der Waals surface area contributed by atoms with E-state index in [1.54, 1.807) is 26.2 Å². The van der Waals surface area contributed by atoms with E-state index >= 15 is 0 Å². The lowest BCUT2D eigenvalue weighted by molar-refractivity contribution is -0.140. The lowest BCUT2D eigenvalue weighted by atomic mass is 10.1. The van der Waals surface area contributed by atoms with Gasteiger partial charge < -0.3 is 24.4 Å². The van der Waals surface area contributed by atoms with Gasteiger partial charge in [0.2, 0.25) is 11.8 Å². The highest BCUT2D eigenvalue weighted by molar-refractivity contribution is 5.87. The average Bonchev–Trinajstić information content (AvgIpc) is 3.38. The van der Waals surface area contributed by atoms with E-state index in [2.05, 4.69) is 5.32 Å². The van der Waals surface area contributed by atoms with Crippen LogP contribution in [0.4, 0.5) is 0 Å². The third-order valence-electron chi connectivity index (χ3n) is 6.46. The van der Waals surface area contributed by atoms with Gasteiger partial charge in [0.05, 0.1) is 21.3 Å². The number of amides is 2. The number of benzene rings is 2. The van der Waals surface area contributed by atoms with Crippen molar-refractivity contribution >= 4 is 11.8 Å². The summed E-state index contributed by atoms with van der Waals surface area (Å²) >= 11 is 0. The lowest BCUT2D eigenvalue weighted by Gasteiger charge is -2.30. The zero-order valence-corrected chi connectivity index (χ0v) is 20.6. The minimum absolute atomic E-state index is 0.0697. The molecule has 0 unspecified atom stereocenters. The molecule has 1 aliphatic rings. The van der Waals surface area contributed by atoms with Gasteiger partial charge in [0, 0.05) is 19.0 Å². The van der Waals surface area contributed by atoms with Crippen molar-refractivity contribution in [3.8, 4) is 17.2 Å². The van der Waals surface area contributed by atoms with Crippen LogP contribution in [-0.4, -0.2) is 50.1 Å². The number of aryl methyl sites for hydroxylation is 1. The smallest absolute Gasteiger partial charge is 0.242 e. The van der Waals surface area contributed by atoms with E-state index in [9.17, 15) is 9.59 Å². The average molecular weight is 469 g/mol. The fourth-order valence-electron chi connectivity index (χ4n) is 4.33. The number of hydrogen-bond donors (Lipinski definition) is 1. The molecule has 3 rings (SSSR count). The molecule has 1 atom stereocenters. The topological polar surface area (TPSA) is 77.1 Å². The zero-order chi connectivity index (χ0) is 24.5. The maximum Gasteiger partial charge on any atom is 0.242 e. The Balaban J connectivity index is 1.72. The summed E-state index contributed by atoms with van der Waals surface area (Å²) in [5.41, 5.74) is 1.92. The van der Waals surface area contributed by atoms with Gasteiger partial charge in [-0.15, -0.1) is 0 Å². The van der Waals surface area contributed by atoms with E-state index in [0.29, 0.717) is 24.5 Å². The number of ether oxygens (including phenoxy) is 3. The first-order valence-corrected chi connectivity index (χ1v) is 11.9. The Bertz CT molecular complexity index is 954. The van der Waals surface area contributed by atoms with Gasteiger partial charge in [-0.2, -0.15) is 0 Å². The van der Waals surface area contributed by atoms with Crippen molar-refractivity contribution in [3.05, 3.63) is 53.6 Å². The molecule has 1 aliphatic carbocycles. The molecule has 1 N–H and O–H groups in total. The molecule has 7 nitrogen and oxygen atoms in total. The molecule has 0 heterocycles. The van der Waals surface area contributed by atoms with E-state index < -0.39 is 6.04 Å². The molecule has 2 amide bonds. The molecule has 0 bridgehead atoms. The largest absolute Gasteiger partial charge is 0.497 e. The van der Waals surface area contributed by atoms with Gasteiger partial charge in [0.1, 0.15) is 11.8 Å². The number of hydrogen-bond acceptors (Lipinski definition) is 5. The van der Waals surface area contributed by atoms with Gasteiger partial charge in [-0.05, 0) is 61.6 Å². The highest BCUT2D eigenvalue weighted by Gasteiger charge is 2.28. The van der Waals surface area contributed by atoms with E-state index in [4.69, 9.17) is 14.2 Å². The van der Waals surface area contributed by atoms with Crippen LogP contribution in [0.15, 0.2) is 42.5 Å². The Morgan fingerprint density at radius 2 is 1.59 bits per heavy atom. The van der Waals surface area contributed by atoms with Crippen LogP contribution < -0.4 is 19.5 Å². The fourth-order valence-corrected chi connectivity index (χ4v) is 4.33. The summed E-state index contributed by atoms with van der Waals surface area (Å²) in [6.45, 7) is 2.16. The summed E-state index contributed by atoms with van der Waals surface area (Å²) in [6, 6.07) is 12.9. The molecule has 34 heavy (non-hydrogen) atoms. The van der Waals surface area contributed by atoms with Crippen LogP contribution in [0.3, 0.4) is 0 Å². The van der Waals surface area contributed by atoms with Crippen molar-refractivity contribution in [2.45, 2.75) is 64.1 Å². The number of rotatable bonds is 11. The second-order valence-electron chi connectivity index (χ2n) is 8.72. The monoisotopic (exact) mass is 468 g/mol. The Hall–Kier alpha value is -3.22. The molecule has 7 heteroatoms. The van der Waals surface area contributed by atoms with Crippen molar-refractivity contribution < 1.29 is 23.8 Å². The first kappa shape index (κ1) is 25.4. The summed E-state index contributed by atoms with van der Waals surface area (Å²) in [5.74, 6) is 1.87. The summed E-state index contributed by atoms with van der Waals surface area (Å²) in [7, 11) is 4.80. The van der Waals surface area contributed by atoms with Crippen molar-refractivity contribution in [1.82, 2.24) is 10.2 Å². The van der Waals surface area contributed by atoms with Crippen LogP contribution in [-0.2, 0) is 22.6 Å². The molecule has 184 valence electrons.